The van der Waals surface area contributed by atoms with Crippen molar-refractivity contribution in [3.63, 3.8) is 0 Å². The van der Waals surface area contributed by atoms with E-state index < -0.39 is 28.5 Å². The molecule has 0 amide bonds. The Labute approximate surface area is 134 Å². The summed E-state index contributed by atoms with van der Waals surface area (Å²) in [5.74, 6) is -2.15. The molecule has 23 heavy (non-hydrogen) atoms. The molecule has 0 radical (unpaired) electrons. The molecule has 1 saturated heterocycles. The number of thiazole rings is 1. The Balaban J connectivity index is 2.14. The largest absolute Gasteiger partial charge is 0.424 e. The van der Waals surface area contributed by atoms with Crippen LogP contribution in [0, 0.1) is 5.92 Å². The second kappa shape index (κ2) is 5.54. The fourth-order valence-corrected chi connectivity index (χ4v) is 3.98. The number of aliphatic hydroxyl groups is 1. The van der Waals surface area contributed by atoms with Gasteiger partial charge in [-0.1, -0.05) is 12.1 Å². The number of aromatic nitrogens is 1. The van der Waals surface area contributed by atoms with Gasteiger partial charge < -0.3 is 10.0 Å². The predicted octanol–water partition coefficient (Wildman–Crippen LogP) is 2.57. The normalized spacial score (nSPS) is 23.2. The van der Waals surface area contributed by atoms with Crippen molar-refractivity contribution in [2.24, 2.45) is 5.92 Å². The molecule has 0 saturated carbocycles. The molecule has 0 bridgehead atoms. The van der Waals surface area contributed by atoms with Crippen molar-refractivity contribution in [3.05, 3.63) is 29.3 Å². The van der Waals surface area contributed by atoms with Crippen LogP contribution in [0.15, 0.2) is 24.3 Å². The van der Waals surface area contributed by atoms with Gasteiger partial charge >= 0.3 is 6.18 Å². The van der Waals surface area contributed by atoms with Gasteiger partial charge in [-0.2, -0.15) is 13.2 Å². The number of likely N-dealkylation sites (tertiary alicyclic amines) is 1. The minimum Gasteiger partial charge on any atom is -0.374 e. The van der Waals surface area contributed by atoms with Crippen LogP contribution in [0.1, 0.15) is 11.4 Å². The van der Waals surface area contributed by atoms with Crippen molar-refractivity contribution in [2.45, 2.75) is 18.2 Å². The predicted molar refractivity (Wildman–Crippen MR) is 80.2 cm³/mol. The number of benzene rings is 1. The van der Waals surface area contributed by atoms with Crippen molar-refractivity contribution in [1.82, 2.24) is 9.88 Å². The highest BCUT2D eigenvalue weighted by Gasteiger charge is 2.64. The number of carbonyl (C=O) groups excluding carboxylic acids is 1. The van der Waals surface area contributed by atoms with Crippen molar-refractivity contribution >= 4 is 27.3 Å². The Bertz CT molecular complexity index is 713. The number of nitrogens with zero attached hydrogens (tertiary/aromatic N) is 2. The van der Waals surface area contributed by atoms with Crippen LogP contribution in [0.3, 0.4) is 0 Å². The zero-order valence-electron chi connectivity index (χ0n) is 12.3. The van der Waals surface area contributed by atoms with E-state index in [1.54, 1.807) is 36.2 Å². The van der Waals surface area contributed by atoms with Crippen molar-refractivity contribution < 1.29 is 23.1 Å². The standard InChI is InChI=1S/C15H15F3N2O2S/c1-20-7-6-11(21)9(8-20)14(22,15(16,17)18)13-19-10-4-2-3-5-12(10)23-13/h2-5,9,22H,6-8H2,1H3. The summed E-state index contributed by atoms with van der Waals surface area (Å²) < 4.78 is 41.8. The Morgan fingerprint density at radius 3 is 2.70 bits per heavy atom. The summed E-state index contributed by atoms with van der Waals surface area (Å²) >= 11 is 0.776. The molecule has 0 spiro atoms. The van der Waals surface area contributed by atoms with E-state index in [2.05, 4.69) is 4.98 Å². The van der Waals surface area contributed by atoms with Gasteiger partial charge in [0.25, 0.3) is 0 Å². The molecule has 4 nitrogen and oxygen atoms in total. The summed E-state index contributed by atoms with van der Waals surface area (Å²) in [5, 5.41) is 10.1. The SMILES string of the molecule is CN1CCC(=O)C(C(O)(c2nc3ccccc3s2)C(F)(F)F)C1. The maximum atomic E-state index is 13.7. The molecular weight excluding hydrogens is 329 g/mol. The molecular formula is C15H15F3N2O2S. The van der Waals surface area contributed by atoms with Crippen LogP contribution in [-0.2, 0) is 10.4 Å². The average molecular weight is 344 g/mol. The quantitative estimate of drug-likeness (QED) is 0.910. The van der Waals surface area contributed by atoms with Crippen LogP contribution in [0.2, 0.25) is 0 Å². The maximum Gasteiger partial charge on any atom is 0.424 e. The molecule has 1 aliphatic heterocycles. The first-order valence-corrected chi connectivity index (χ1v) is 7.91. The van der Waals surface area contributed by atoms with E-state index in [0.717, 1.165) is 11.3 Å². The van der Waals surface area contributed by atoms with Gasteiger partial charge in [-0.15, -0.1) is 11.3 Å². The molecule has 1 aliphatic rings. The molecule has 2 unspecified atom stereocenters. The minimum absolute atomic E-state index is 0.00947. The lowest BCUT2D eigenvalue weighted by Crippen LogP contribution is -2.56. The monoisotopic (exact) mass is 344 g/mol. The van der Waals surface area contributed by atoms with Crippen LogP contribution >= 0.6 is 11.3 Å². The van der Waals surface area contributed by atoms with E-state index in [1.807, 2.05) is 0 Å². The summed E-state index contributed by atoms with van der Waals surface area (Å²) in [7, 11) is 1.63. The number of hydrogen-bond donors (Lipinski definition) is 1. The third-order valence-electron chi connectivity index (χ3n) is 4.18. The molecule has 3 rings (SSSR count). The molecule has 124 valence electrons. The highest BCUT2D eigenvalue weighted by atomic mass is 32.1. The fourth-order valence-electron chi connectivity index (χ4n) is 2.85. The van der Waals surface area contributed by atoms with Crippen LogP contribution < -0.4 is 0 Å². The number of Topliss-reactive ketones (excluding diaryl/α,β-unsaturated/α-hetero) is 1. The summed E-state index contributed by atoms with van der Waals surface area (Å²) in [6.07, 6.45) is -5.00. The van der Waals surface area contributed by atoms with Gasteiger partial charge in [0.1, 0.15) is 10.8 Å². The molecule has 2 heterocycles. The van der Waals surface area contributed by atoms with Crippen molar-refractivity contribution in [3.8, 4) is 0 Å². The molecule has 1 fully saturated rings. The highest BCUT2D eigenvalue weighted by molar-refractivity contribution is 7.18. The van der Waals surface area contributed by atoms with Gasteiger partial charge in [0.2, 0.25) is 5.60 Å². The Kier molecular flexibility index (Phi) is 3.94. The van der Waals surface area contributed by atoms with Gasteiger partial charge in [-0.05, 0) is 19.2 Å². The Morgan fingerprint density at radius 1 is 1.35 bits per heavy atom. The van der Waals surface area contributed by atoms with Crippen LogP contribution in [-0.4, -0.2) is 47.1 Å². The van der Waals surface area contributed by atoms with E-state index >= 15 is 0 Å². The van der Waals surface area contributed by atoms with Gasteiger partial charge in [-0.3, -0.25) is 4.79 Å². The van der Waals surface area contributed by atoms with E-state index in [1.165, 1.54) is 0 Å². The molecule has 1 aromatic heterocycles. The number of para-hydroxylation sites is 1. The molecule has 1 aromatic carbocycles. The van der Waals surface area contributed by atoms with Crippen molar-refractivity contribution in [1.29, 1.82) is 0 Å². The number of carbonyl (C=O) groups is 1. The fraction of sp³-hybridized carbons (Fsp3) is 0.467. The zero-order valence-corrected chi connectivity index (χ0v) is 13.1. The molecule has 0 aliphatic carbocycles. The van der Waals surface area contributed by atoms with Gasteiger partial charge in [-0.25, -0.2) is 4.98 Å². The number of fused-ring (bicyclic) bond motifs is 1. The summed E-state index contributed by atoms with van der Waals surface area (Å²) in [4.78, 5) is 17.7. The number of hydrogen-bond acceptors (Lipinski definition) is 5. The lowest BCUT2D eigenvalue weighted by molar-refractivity contribution is -0.285. The second-order valence-electron chi connectivity index (χ2n) is 5.78. The van der Waals surface area contributed by atoms with Gasteiger partial charge in [0, 0.05) is 19.5 Å². The molecule has 8 heteroatoms. The number of halogens is 3. The lowest BCUT2D eigenvalue weighted by Gasteiger charge is -2.39. The van der Waals surface area contributed by atoms with E-state index in [-0.39, 0.29) is 13.0 Å². The van der Waals surface area contributed by atoms with Crippen LogP contribution in [0.25, 0.3) is 10.2 Å². The average Bonchev–Trinajstić information content (AvgIpc) is 2.92. The minimum atomic E-state index is -4.99. The zero-order chi connectivity index (χ0) is 16.8. The third kappa shape index (κ3) is 2.64. The van der Waals surface area contributed by atoms with Crippen LogP contribution in [0.4, 0.5) is 13.2 Å². The van der Waals surface area contributed by atoms with Gasteiger partial charge in [0.15, 0.2) is 0 Å². The number of rotatable bonds is 2. The van der Waals surface area contributed by atoms with E-state index in [4.69, 9.17) is 0 Å². The van der Waals surface area contributed by atoms with Crippen molar-refractivity contribution in [2.75, 3.05) is 20.1 Å². The topological polar surface area (TPSA) is 53.4 Å². The first kappa shape index (κ1) is 16.4. The number of piperidine rings is 1. The Morgan fingerprint density at radius 2 is 2.04 bits per heavy atom. The molecule has 2 aromatic rings. The number of alkyl halides is 3. The maximum absolute atomic E-state index is 13.7. The number of ketones is 1. The smallest absolute Gasteiger partial charge is 0.374 e. The summed E-state index contributed by atoms with van der Waals surface area (Å²) in [6, 6.07) is 6.58. The molecule has 2 atom stereocenters. The Hall–Kier alpha value is -1.51. The third-order valence-corrected chi connectivity index (χ3v) is 5.34. The van der Waals surface area contributed by atoms with Crippen LogP contribution in [0.5, 0.6) is 0 Å². The first-order chi connectivity index (χ1) is 10.7. The van der Waals surface area contributed by atoms with E-state index in [0.29, 0.717) is 16.8 Å². The lowest BCUT2D eigenvalue weighted by atomic mass is 9.80. The first-order valence-electron chi connectivity index (χ1n) is 7.10. The molecule has 1 N–H and O–H groups in total. The van der Waals surface area contributed by atoms with E-state index in [9.17, 15) is 23.1 Å². The highest BCUT2D eigenvalue weighted by Crippen LogP contribution is 2.48. The summed E-state index contributed by atoms with van der Waals surface area (Å²) in [6.45, 7) is 0.244. The summed E-state index contributed by atoms with van der Waals surface area (Å²) in [5.41, 5.74) is -2.88. The second-order valence-corrected chi connectivity index (χ2v) is 6.81. The van der Waals surface area contributed by atoms with Gasteiger partial charge in [0.05, 0.1) is 16.1 Å².